The molecule has 0 bridgehead atoms. The molecule has 0 unspecified atom stereocenters. The molecule has 122 heavy (non-hydrogen) atoms. The molecule has 23 N–H and O–H groups in total. The largest absolute Gasteiger partial charge is 0.385 e. The second-order valence-electron chi connectivity index (χ2n) is 27.9. The summed E-state index contributed by atoms with van der Waals surface area (Å²) in [6, 6.07) is 47.3. The Morgan fingerprint density at radius 3 is 1.22 bits per heavy atom. The number of ether oxygens (including phenoxy) is 1. The number of thiophene rings is 6. The van der Waals surface area contributed by atoms with E-state index < -0.39 is 39.4 Å². The number of sulfone groups is 1. The van der Waals surface area contributed by atoms with Crippen LogP contribution >= 0.6 is 68.0 Å². The summed E-state index contributed by atoms with van der Waals surface area (Å²) in [5.74, 6) is 0.207. The Kier molecular flexibility index (Phi) is 28.4. The summed E-state index contributed by atoms with van der Waals surface area (Å²) in [7, 11) is 0.0471. The van der Waals surface area contributed by atoms with Gasteiger partial charge in [-0.2, -0.15) is 0 Å². The van der Waals surface area contributed by atoms with Gasteiger partial charge in [0.25, 0.3) is 35.4 Å². The van der Waals surface area contributed by atoms with Gasteiger partial charge in [0.15, 0.2) is 9.84 Å². The Bertz CT molecular complexity index is 6730. The fraction of sp³-hybridized carbons (Fsp3) is 0.161. The second-order valence-corrected chi connectivity index (χ2v) is 36.4. The van der Waals surface area contributed by atoms with Crippen molar-refractivity contribution in [3.63, 3.8) is 0 Å². The number of primary amides is 5. The molecule has 12 heterocycles. The number of amides is 6. The molecule has 17 rings (SSSR count). The first-order valence-electron chi connectivity index (χ1n) is 37.8. The van der Waals surface area contributed by atoms with Gasteiger partial charge in [-0.1, -0.05) is 122 Å². The van der Waals surface area contributed by atoms with Crippen LogP contribution in [0.5, 0.6) is 0 Å². The molecule has 28 nitrogen and oxygen atoms in total. The number of fused-ring (bicyclic) bond motifs is 6. The van der Waals surface area contributed by atoms with E-state index >= 15 is 0 Å². The standard InChI is InChI=1S/C16H15N3OS.C15H13N3O3S2.C15H11N3O2S.C15H13N3OS.C14H17N3OS.C12H15N3O2S/c17-15-12-8-11(7-6-10-4-2-1-3-5-10)21-14(12)13(9-19-15)16(18)20;1-23(20,21)9-4-2-8(3-5-9)12-6-10-13(22-12)11(15(17)19)7-18-14(10)16;16-14-9-6-11(12(19)8-4-2-1-3-5-8)21-13(9)10(7-18-14)15(17)20;1-17-15(19)11-8-18-14(16)10-7-12(20-13(10)11)9-5-3-2-4-6-9;15-13-9-6-11(8-4-2-1-3-5-8)19-12(9)10(7-17-13)14(16)18;1-17-4-2-3-7-5-8-10(18-7)9(12(14)16)6-15-11(8)13/h1-5,8-9H,6-7H2,(H2,17,19)(H2,18,20);2-7H,1H3,(H2,16,18)(H2,17,19);1-7H,(H2,16,18)(H2,17,20);2-8H,1H3,(H2,16,18)(H,17,19);6-8H,1-5H2,(H2,15,17)(H2,16,18);5-6H,2-4H2,1H3,(H2,13,15)(H2,14,16). The van der Waals surface area contributed by atoms with Crippen LogP contribution in [0.15, 0.2) is 194 Å². The summed E-state index contributed by atoms with van der Waals surface area (Å²) in [5.41, 5.74) is 68.3. The highest BCUT2D eigenvalue weighted by molar-refractivity contribution is 7.90. The Morgan fingerprint density at radius 2 is 0.787 bits per heavy atom. The molecule has 0 spiro atoms. The lowest BCUT2D eigenvalue weighted by molar-refractivity contribution is 0.0960. The van der Waals surface area contributed by atoms with Crippen molar-refractivity contribution in [2.24, 2.45) is 28.7 Å². The minimum Gasteiger partial charge on any atom is -0.385 e. The predicted molar refractivity (Wildman–Crippen MR) is 494 cm³/mol. The van der Waals surface area contributed by atoms with Crippen LogP contribution < -0.4 is 68.4 Å². The van der Waals surface area contributed by atoms with Crippen molar-refractivity contribution in [3.8, 4) is 20.9 Å². The first-order chi connectivity index (χ1) is 58.5. The number of ketones is 1. The SMILES string of the molecule is CNC(=O)c1cnc(N)c2cc(-c3ccccc3)sc12.COCCCc1cc2c(N)ncc(C(N)=O)c2s1.CS(=O)(=O)c1ccc(-c2cc3c(N)ncc(C(N)=O)c3s2)cc1.NC(=O)c1cnc(N)c2cc(C(=O)c3ccccc3)sc12.NC(=O)c1cnc(N)c2cc(C3CCCCC3)sc12.NC(=O)c1cnc(N)c2cc(CCc3ccccc3)sc12. The third kappa shape index (κ3) is 20.6. The highest BCUT2D eigenvalue weighted by atomic mass is 32.2. The topological polar surface area (TPSA) is 538 Å². The molecule has 0 saturated heterocycles. The number of pyridine rings is 6. The molecule has 1 fully saturated rings. The fourth-order valence-electron chi connectivity index (χ4n) is 13.3. The minimum atomic E-state index is -3.24. The number of aromatic nitrogens is 6. The molecule has 624 valence electrons. The van der Waals surface area contributed by atoms with Gasteiger partial charge < -0.3 is 73.1 Å². The smallest absolute Gasteiger partial charge is 0.254 e. The van der Waals surface area contributed by atoms with E-state index in [9.17, 15) is 42.0 Å². The molecule has 0 atom stereocenters. The van der Waals surface area contributed by atoms with E-state index in [0.29, 0.717) is 100 Å². The molecular formula is C87H84N18O10S7. The summed E-state index contributed by atoms with van der Waals surface area (Å²) in [6.07, 6.45) is 19.8. The number of nitrogen functional groups attached to an aromatic ring is 6. The molecule has 16 aromatic rings. The van der Waals surface area contributed by atoms with Crippen LogP contribution in [0, 0.1) is 0 Å². The summed E-state index contributed by atoms with van der Waals surface area (Å²) in [4.78, 5) is 112. The summed E-state index contributed by atoms with van der Waals surface area (Å²) in [5, 5.41) is 7.20. The second kappa shape index (κ2) is 39.3. The molecule has 35 heteroatoms. The molecule has 1 aliphatic carbocycles. The number of carbonyl (C=O) groups is 7. The van der Waals surface area contributed by atoms with E-state index in [0.717, 1.165) is 98.0 Å². The van der Waals surface area contributed by atoms with Gasteiger partial charge in [0.05, 0.1) is 71.4 Å². The Balaban J connectivity index is 0.000000134. The number of anilines is 6. The zero-order valence-electron chi connectivity index (χ0n) is 66.0. The maximum absolute atomic E-state index is 12.4. The number of benzene rings is 4. The van der Waals surface area contributed by atoms with Crippen LogP contribution in [0.2, 0.25) is 0 Å². The summed E-state index contributed by atoms with van der Waals surface area (Å²) >= 11 is 8.87. The van der Waals surface area contributed by atoms with E-state index in [4.69, 9.17) is 67.8 Å². The molecule has 1 saturated carbocycles. The van der Waals surface area contributed by atoms with Crippen LogP contribution in [-0.4, -0.2) is 107 Å². The van der Waals surface area contributed by atoms with Crippen molar-refractivity contribution >= 4 is 215 Å². The number of nitrogens with two attached hydrogens (primary N) is 11. The lowest BCUT2D eigenvalue weighted by Gasteiger charge is -2.19. The zero-order chi connectivity index (χ0) is 87.2. The number of carbonyl (C=O) groups excluding carboxylic acids is 7. The first-order valence-corrected chi connectivity index (χ1v) is 44.5. The van der Waals surface area contributed by atoms with Crippen molar-refractivity contribution in [2.75, 3.05) is 61.4 Å². The van der Waals surface area contributed by atoms with E-state index in [1.807, 2.05) is 78.9 Å². The molecule has 0 radical (unpaired) electrons. The Morgan fingerprint density at radius 1 is 0.418 bits per heavy atom. The molecule has 12 aromatic heterocycles. The van der Waals surface area contributed by atoms with E-state index in [-0.39, 0.29) is 28.0 Å². The number of aryl methyl sites for hydroxylation is 3. The highest BCUT2D eigenvalue weighted by Crippen LogP contribution is 2.44. The molecular weight excluding hydrogens is 1680 g/mol. The third-order valence-electron chi connectivity index (χ3n) is 19.6. The quantitative estimate of drug-likeness (QED) is 0.0264. The van der Waals surface area contributed by atoms with Gasteiger partial charge >= 0.3 is 0 Å². The Hall–Kier alpha value is -13.3. The summed E-state index contributed by atoms with van der Waals surface area (Å²) < 4.78 is 32.7. The molecule has 0 aliphatic heterocycles. The average molecular weight is 1770 g/mol. The predicted octanol–water partition coefficient (Wildman–Crippen LogP) is 14.5. The van der Waals surface area contributed by atoms with Crippen LogP contribution in [0.1, 0.15) is 142 Å². The number of rotatable bonds is 19. The van der Waals surface area contributed by atoms with Gasteiger partial charge in [0, 0.05) is 126 Å². The maximum atomic E-state index is 12.4. The third-order valence-corrected chi connectivity index (χ3v) is 28.1. The fourth-order valence-corrected chi connectivity index (χ4v) is 21.2. The van der Waals surface area contributed by atoms with Crippen LogP contribution in [0.3, 0.4) is 0 Å². The lowest BCUT2D eigenvalue weighted by atomic mass is 9.88. The van der Waals surface area contributed by atoms with Crippen molar-refractivity contribution in [3.05, 3.63) is 253 Å². The van der Waals surface area contributed by atoms with Crippen molar-refractivity contribution in [1.82, 2.24) is 35.2 Å². The number of hydrogen-bond donors (Lipinski definition) is 12. The maximum Gasteiger partial charge on any atom is 0.254 e. The zero-order valence-corrected chi connectivity index (χ0v) is 71.7. The Labute approximate surface area is 723 Å². The normalized spacial score (nSPS) is 11.9. The van der Waals surface area contributed by atoms with Crippen molar-refractivity contribution in [2.45, 2.75) is 68.6 Å². The van der Waals surface area contributed by atoms with Crippen molar-refractivity contribution < 1.29 is 46.7 Å². The number of nitrogens with one attached hydrogen (secondary N) is 1. The van der Waals surface area contributed by atoms with E-state index in [1.54, 1.807) is 114 Å². The highest BCUT2D eigenvalue weighted by Gasteiger charge is 2.25. The van der Waals surface area contributed by atoms with Gasteiger partial charge in [-0.25, -0.2) is 38.3 Å². The van der Waals surface area contributed by atoms with E-state index in [1.165, 1.54) is 107 Å². The van der Waals surface area contributed by atoms with Crippen LogP contribution in [0.25, 0.3) is 81.4 Å². The molecule has 6 amide bonds. The number of hydrogen-bond acceptors (Lipinski definition) is 28. The molecule has 4 aromatic carbocycles. The van der Waals surface area contributed by atoms with Crippen LogP contribution in [-0.2, 0) is 33.8 Å². The van der Waals surface area contributed by atoms with E-state index in [2.05, 4.69) is 53.4 Å². The van der Waals surface area contributed by atoms with Crippen LogP contribution in [0.4, 0.5) is 34.9 Å². The minimum absolute atomic E-state index is 0.119. The number of methoxy groups -OCH3 is 1. The monoisotopic (exact) mass is 1760 g/mol. The first kappa shape index (κ1) is 88.0. The van der Waals surface area contributed by atoms with Gasteiger partial charge in [-0.3, -0.25) is 33.6 Å². The summed E-state index contributed by atoms with van der Waals surface area (Å²) in [6.45, 7) is 0.713. The van der Waals surface area contributed by atoms with Gasteiger partial charge in [0.2, 0.25) is 5.78 Å². The number of nitrogens with zero attached hydrogens (tertiary/aromatic N) is 6. The van der Waals surface area contributed by atoms with Gasteiger partial charge in [0.1, 0.15) is 34.9 Å². The lowest BCUT2D eigenvalue weighted by Crippen LogP contribution is -2.18. The van der Waals surface area contributed by atoms with Crippen molar-refractivity contribution in [1.29, 1.82) is 0 Å². The van der Waals surface area contributed by atoms with Gasteiger partial charge in [-0.15, -0.1) is 68.0 Å². The average Bonchev–Trinajstić information content (AvgIpc) is 1.63. The molecule has 1 aliphatic rings. The van der Waals surface area contributed by atoms with Gasteiger partial charge in [-0.05, 0) is 110 Å².